The van der Waals surface area contributed by atoms with Gasteiger partial charge in [-0.25, -0.2) is 4.98 Å². The first kappa shape index (κ1) is 11.3. The van der Waals surface area contributed by atoms with E-state index < -0.39 is 0 Å². The molecule has 1 saturated carbocycles. The van der Waals surface area contributed by atoms with Crippen LogP contribution in [0.3, 0.4) is 0 Å². The molecular weight excluding hydrogens is 226 g/mol. The number of carbonyl (C=O) groups is 1. The van der Waals surface area contributed by atoms with Crippen molar-refractivity contribution in [2.24, 2.45) is 0 Å². The Hall–Kier alpha value is -1.84. The van der Waals surface area contributed by atoms with Gasteiger partial charge in [-0.1, -0.05) is 6.42 Å². The number of imidazole rings is 1. The molecule has 1 fully saturated rings. The second-order valence-electron chi connectivity index (χ2n) is 5.14. The Kier molecular flexibility index (Phi) is 2.58. The maximum Gasteiger partial charge on any atom is 0.170 e. The molecule has 0 saturated heterocycles. The zero-order valence-corrected chi connectivity index (χ0v) is 10.8. The first-order chi connectivity index (χ1) is 8.70. The predicted octanol–water partition coefficient (Wildman–Crippen LogP) is 2.48. The Morgan fingerprint density at radius 3 is 2.72 bits per heavy atom. The lowest BCUT2D eigenvalue weighted by Crippen LogP contribution is -2.14. The number of rotatable bonds is 3. The topological polar surface area (TPSA) is 37.6 Å². The van der Waals surface area contributed by atoms with Gasteiger partial charge in [0, 0.05) is 26.2 Å². The molecule has 18 heavy (non-hydrogen) atoms. The SMILES string of the molecule is CN(C)c1ccc2c(C=O)nc(C3CCC3)n2c1. The summed E-state index contributed by atoms with van der Waals surface area (Å²) in [5.41, 5.74) is 2.60. The van der Waals surface area contributed by atoms with Crippen molar-refractivity contribution in [3.63, 3.8) is 0 Å². The molecule has 0 N–H and O–H groups in total. The third kappa shape index (κ3) is 1.60. The maximum atomic E-state index is 11.1. The van der Waals surface area contributed by atoms with Crippen LogP contribution in [0.4, 0.5) is 5.69 Å². The van der Waals surface area contributed by atoms with Crippen molar-refractivity contribution in [2.75, 3.05) is 19.0 Å². The van der Waals surface area contributed by atoms with Crippen molar-refractivity contribution < 1.29 is 4.79 Å². The van der Waals surface area contributed by atoms with E-state index in [1.165, 1.54) is 19.3 Å². The molecule has 1 aliphatic rings. The van der Waals surface area contributed by atoms with Gasteiger partial charge in [-0.05, 0) is 25.0 Å². The van der Waals surface area contributed by atoms with Gasteiger partial charge in [-0.3, -0.25) is 4.79 Å². The van der Waals surface area contributed by atoms with Gasteiger partial charge in [0.25, 0.3) is 0 Å². The number of anilines is 1. The molecule has 1 aliphatic carbocycles. The van der Waals surface area contributed by atoms with E-state index in [2.05, 4.69) is 20.5 Å². The van der Waals surface area contributed by atoms with Crippen molar-refractivity contribution in [3.8, 4) is 0 Å². The molecule has 94 valence electrons. The van der Waals surface area contributed by atoms with E-state index in [-0.39, 0.29) is 0 Å². The summed E-state index contributed by atoms with van der Waals surface area (Å²) >= 11 is 0. The van der Waals surface area contributed by atoms with Gasteiger partial charge in [0.1, 0.15) is 11.5 Å². The minimum Gasteiger partial charge on any atom is -0.376 e. The number of hydrogen-bond donors (Lipinski definition) is 0. The Morgan fingerprint density at radius 2 is 2.17 bits per heavy atom. The molecule has 0 atom stereocenters. The fourth-order valence-electron chi connectivity index (χ4n) is 2.43. The van der Waals surface area contributed by atoms with Crippen molar-refractivity contribution in [3.05, 3.63) is 29.8 Å². The van der Waals surface area contributed by atoms with Crippen LogP contribution in [-0.4, -0.2) is 29.8 Å². The van der Waals surface area contributed by atoms with E-state index in [0.29, 0.717) is 11.6 Å². The summed E-state index contributed by atoms with van der Waals surface area (Å²) in [5, 5.41) is 0. The lowest BCUT2D eigenvalue weighted by Gasteiger charge is -2.24. The fraction of sp³-hybridized carbons (Fsp3) is 0.429. The zero-order chi connectivity index (χ0) is 12.7. The standard InChI is InChI=1S/C14H17N3O/c1-16(2)11-6-7-13-12(9-18)15-14(17(13)8-11)10-4-3-5-10/h6-10H,3-5H2,1-2H3. The van der Waals surface area contributed by atoms with Gasteiger partial charge in [0.2, 0.25) is 0 Å². The van der Waals surface area contributed by atoms with E-state index in [1.54, 1.807) is 0 Å². The Bertz CT molecular complexity index is 596. The molecule has 0 amide bonds. The fourth-order valence-corrected chi connectivity index (χ4v) is 2.43. The summed E-state index contributed by atoms with van der Waals surface area (Å²) in [6.45, 7) is 0. The molecule has 0 unspecified atom stereocenters. The quantitative estimate of drug-likeness (QED) is 0.777. The van der Waals surface area contributed by atoms with Crippen LogP contribution in [0.5, 0.6) is 0 Å². The number of hydrogen-bond acceptors (Lipinski definition) is 3. The second-order valence-corrected chi connectivity index (χ2v) is 5.14. The van der Waals surface area contributed by atoms with Gasteiger partial charge in [-0.2, -0.15) is 0 Å². The van der Waals surface area contributed by atoms with Gasteiger partial charge >= 0.3 is 0 Å². The largest absolute Gasteiger partial charge is 0.376 e. The normalized spacial score (nSPS) is 15.7. The molecule has 2 heterocycles. The molecular formula is C14H17N3O. The number of aromatic nitrogens is 2. The van der Waals surface area contributed by atoms with E-state index in [1.807, 2.05) is 26.2 Å². The number of aldehydes is 1. The first-order valence-electron chi connectivity index (χ1n) is 6.35. The molecule has 4 nitrogen and oxygen atoms in total. The summed E-state index contributed by atoms with van der Waals surface area (Å²) in [6, 6.07) is 4.00. The minimum atomic E-state index is 0.517. The lowest BCUT2D eigenvalue weighted by atomic mass is 9.85. The lowest BCUT2D eigenvalue weighted by molar-refractivity contribution is 0.112. The molecule has 3 rings (SSSR count). The molecule has 4 heteroatoms. The second kappa shape index (κ2) is 4.12. The minimum absolute atomic E-state index is 0.517. The van der Waals surface area contributed by atoms with Crippen LogP contribution < -0.4 is 4.90 Å². The highest BCUT2D eigenvalue weighted by Gasteiger charge is 2.25. The van der Waals surface area contributed by atoms with Crippen LogP contribution in [-0.2, 0) is 0 Å². The van der Waals surface area contributed by atoms with E-state index in [9.17, 15) is 4.79 Å². The van der Waals surface area contributed by atoms with Crippen molar-refractivity contribution in [2.45, 2.75) is 25.2 Å². The summed E-state index contributed by atoms with van der Waals surface area (Å²) in [7, 11) is 4.03. The zero-order valence-electron chi connectivity index (χ0n) is 10.8. The van der Waals surface area contributed by atoms with Gasteiger partial charge in [0.05, 0.1) is 11.2 Å². The van der Waals surface area contributed by atoms with Gasteiger partial charge in [0.15, 0.2) is 6.29 Å². The first-order valence-corrected chi connectivity index (χ1v) is 6.35. The third-order valence-corrected chi connectivity index (χ3v) is 3.78. The highest BCUT2D eigenvalue weighted by molar-refractivity contribution is 5.84. The molecule has 0 aromatic carbocycles. The smallest absolute Gasteiger partial charge is 0.170 e. The van der Waals surface area contributed by atoms with Crippen LogP contribution in [0.25, 0.3) is 5.52 Å². The van der Waals surface area contributed by atoms with E-state index in [4.69, 9.17) is 0 Å². The number of carbonyl (C=O) groups excluding carboxylic acids is 1. The van der Waals surface area contributed by atoms with E-state index >= 15 is 0 Å². The highest BCUT2D eigenvalue weighted by atomic mass is 16.1. The Balaban J connectivity index is 2.20. The van der Waals surface area contributed by atoms with Gasteiger partial charge in [-0.15, -0.1) is 0 Å². The Labute approximate surface area is 106 Å². The van der Waals surface area contributed by atoms with Gasteiger partial charge < -0.3 is 9.30 Å². The molecule has 0 spiro atoms. The van der Waals surface area contributed by atoms with Crippen LogP contribution >= 0.6 is 0 Å². The number of pyridine rings is 1. The number of nitrogens with zero attached hydrogens (tertiary/aromatic N) is 3. The maximum absolute atomic E-state index is 11.1. The number of fused-ring (bicyclic) bond motifs is 1. The summed E-state index contributed by atoms with van der Waals surface area (Å²) in [6.07, 6.45) is 6.56. The molecule has 2 aromatic rings. The third-order valence-electron chi connectivity index (χ3n) is 3.78. The highest BCUT2D eigenvalue weighted by Crippen LogP contribution is 2.36. The molecule has 0 bridgehead atoms. The molecule has 2 aromatic heterocycles. The summed E-state index contributed by atoms with van der Waals surface area (Å²) in [4.78, 5) is 17.7. The van der Waals surface area contributed by atoms with Crippen LogP contribution in [0.15, 0.2) is 18.3 Å². The van der Waals surface area contributed by atoms with Crippen molar-refractivity contribution in [1.82, 2.24) is 9.38 Å². The molecule has 0 aliphatic heterocycles. The van der Waals surface area contributed by atoms with Crippen LogP contribution in [0, 0.1) is 0 Å². The van der Waals surface area contributed by atoms with Crippen LogP contribution in [0.2, 0.25) is 0 Å². The van der Waals surface area contributed by atoms with Crippen molar-refractivity contribution >= 4 is 17.5 Å². The predicted molar refractivity (Wildman–Crippen MR) is 71.5 cm³/mol. The Morgan fingerprint density at radius 1 is 1.39 bits per heavy atom. The average Bonchev–Trinajstić information content (AvgIpc) is 2.65. The average molecular weight is 243 g/mol. The molecule has 0 radical (unpaired) electrons. The van der Waals surface area contributed by atoms with Crippen LogP contribution in [0.1, 0.15) is 41.5 Å². The summed E-state index contributed by atoms with van der Waals surface area (Å²) in [5.74, 6) is 1.56. The van der Waals surface area contributed by atoms with E-state index in [0.717, 1.165) is 23.3 Å². The summed E-state index contributed by atoms with van der Waals surface area (Å²) < 4.78 is 2.09. The van der Waals surface area contributed by atoms with Crippen molar-refractivity contribution in [1.29, 1.82) is 0 Å². The monoisotopic (exact) mass is 243 g/mol.